The molecule has 2 amide bonds. The molecule has 0 saturated carbocycles. The molecule has 0 bridgehead atoms. The van der Waals surface area contributed by atoms with Gasteiger partial charge in [0.2, 0.25) is 11.8 Å². The van der Waals surface area contributed by atoms with E-state index < -0.39 is 0 Å². The monoisotopic (exact) mass is 274 g/mol. The van der Waals surface area contributed by atoms with Crippen molar-refractivity contribution in [2.75, 3.05) is 24.7 Å². The SMILES string of the molecule is CNC(=O)/C=C/C(=O)Nc1cc(C)ccc1N[B]OC. The zero-order valence-corrected chi connectivity index (χ0v) is 11.7. The molecule has 0 fully saturated rings. The van der Waals surface area contributed by atoms with Crippen molar-refractivity contribution in [1.82, 2.24) is 5.32 Å². The van der Waals surface area contributed by atoms with Gasteiger partial charge in [0.25, 0.3) is 0 Å². The molecule has 0 spiro atoms. The van der Waals surface area contributed by atoms with Crippen LogP contribution in [0.4, 0.5) is 11.4 Å². The van der Waals surface area contributed by atoms with E-state index in [-0.39, 0.29) is 11.8 Å². The first-order valence-electron chi connectivity index (χ1n) is 5.99. The number of anilines is 2. The molecule has 3 N–H and O–H groups in total. The van der Waals surface area contributed by atoms with Crippen LogP contribution in [0.3, 0.4) is 0 Å². The second-order valence-corrected chi connectivity index (χ2v) is 3.98. The van der Waals surface area contributed by atoms with Crippen LogP contribution >= 0.6 is 0 Å². The van der Waals surface area contributed by atoms with Crippen molar-refractivity contribution in [2.45, 2.75) is 6.92 Å². The van der Waals surface area contributed by atoms with Crippen molar-refractivity contribution >= 4 is 30.8 Å². The number of nitrogens with one attached hydrogen (secondary N) is 3. The molecule has 0 saturated heterocycles. The Balaban J connectivity index is 2.79. The molecule has 20 heavy (non-hydrogen) atoms. The largest absolute Gasteiger partial charge is 0.436 e. The lowest BCUT2D eigenvalue weighted by Gasteiger charge is -2.11. The molecular weight excluding hydrogens is 257 g/mol. The average Bonchev–Trinajstić information content (AvgIpc) is 2.44. The molecular formula is C13H17BN3O3. The van der Waals surface area contributed by atoms with E-state index in [0.29, 0.717) is 11.4 Å². The Morgan fingerprint density at radius 1 is 1.20 bits per heavy atom. The van der Waals surface area contributed by atoms with Gasteiger partial charge in [0.05, 0.1) is 5.69 Å². The van der Waals surface area contributed by atoms with Crippen molar-refractivity contribution in [3.63, 3.8) is 0 Å². The van der Waals surface area contributed by atoms with Gasteiger partial charge in [-0.3, -0.25) is 9.59 Å². The summed E-state index contributed by atoms with van der Waals surface area (Å²) in [6, 6.07) is 5.54. The number of carbonyl (C=O) groups is 2. The van der Waals surface area contributed by atoms with Crippen molar-refractivity contribution < 1.29 is 14.2 Å². The van der Waals surface area contributed by atoms with E-state index in [0.717, 1.165) is 5.56 Å². The number of amides is 2. The lowest BCUT2D eigenvalue weighted by Crippen LogP contribution is -2.17. The number of likely N-dealkylation sites (N-methyl/N-ethyl adjacent to an activating group) is 1. The molecule has 0 unspecified atom stereocenters. The van der Waals surface area contributed by atoms with Crippen molar-refractivity contribution in [1.29, 1.82) is 0 Å². The Labute approximate surface area is 118 Å². The Bertz CT molecular complexity index is 518. The Hall–Kier alpha value is -2.28. The fraction of sp³-hybridized carbons (Fsp3) is 0.231. The summed E-state index contributed by atoms with van der Waals surface area (Å²) in [4.78, 5) is 22.7. The van der Waals surface area contributed by atoms with E-state index in [2.05, 4.69) is 15.9 Å². The van der Waals surface area contributed by atoms with Gasteiger partial charge >= 0.3 is 7.62 Å². The van der Waals surface area contributed by atoms with E-state index in [4.69, 9.17) is 4.65 Å². The average molecular weight is 274 g/mol. The molecule has 0 aliphatic carbocycles. The summed E-state index contributed by atoms with van der Waals surface area (Å²) >= 11 is 0. The molecule has 0 aliphatic rings. The van der Waals surface area contributed by atoms with Crippen LogP contribution in [0.25, 0.3) is 0 Å². The molecule has 6 nitrogen and oxygen atoms in total. The molecule has 1 aromatic rings. The Kier molecular flexibility index (Phi) is 6.32. The summed E-state index contributed by atoms with van der Waals surface area (Å²) in [7, 11) is 4.42. The highest BCUT2D eigenvalue weighted by Gasteiger charge is 2.06. The minimum atomic E-state index is -0.389. The molecule has 1 rings (SSSR count). The Morgan fingerprint density at radius 3 is 2.55 bits per heavy atom. The van der Waals surface area contributed by atoms with Gasteiger partial charge in [0, 0.05) is 32.0 Å². The summed E-state index contributed by atoms with van der Waals surface area (Å²) in [6.07, 6.45) is 2.34. The second kappa shape index (κ2) is 8.01. The highest BCUT2D eigenvalue weighted by molar-refractivity contribution is 6.33. The summed E-state index contributed by atoms with van der Waals surface area (Å²) in [5, 5.41) is 8.00. The third-order valence-corrected chi connectivity index (χ3v) is 2.40. The number of rotatable bonds is 6. The van der Waals surface area contributed by atoms with Gasteiger partial charge in [-0.1, -0.05) is 6.07 Å². The van der Waals surface area contributed by atoms with Gasteiger partial charge in [-0.05, 0) is 24.6 Å². The van der Waals surface area contributed by atoms with E-state index in [1.807, 2.05) is 25.1 Å². The van der Waals surface area contributed by atoms with Gasteiger partial charge in [-0.2, -0.15) is 0 Å². The normalized spacial score (nSPS) is 10.2. The van der Waals surface area contributed by atoms with Gasteiger partial charge in [0.15, 0.2) is 0 Å². The van der Waals surface area contributed by atoms with Crippen LogP contribution in [-0.2, 0) is 14.2 Å². The molecule has 105 valence electrons. The van der Waals surface area contributed by atoms with Crippen LogP contribution in [0.1, 0.15) is 5.56 Å². The van der Waals surface area contributed by atoms with Crippen LogP contribution in [-0.4, -0.2) is 33.6 Å². The number of hydrogen-bond donors (Lipinski definition) is 3. The molecule has 1 aromatic carbocycles. The molecule has 0 aliphatic heterocycles. The van der Waals surface area contributed by atoms with Gasteiger partial charge < -0.3 is 20.5 Å². The predicted octanol–water partition coefficient (Wildman–Crippen LogP) is 0.828. The summed E-state index contributed by atoms with van der Waals surface area (Å²) < 4.78 is 4.81. The van der Waals surface area contributed by atoms with Crippen LogP contribution in [0.2, 0.25) is 0 Å². The van der Waals surface area contributed by atoms with Gasteiger partial charge in [0.1, 0.15) is 0 Å². The third-order valence-electron chi connectivity index (χ3n) is 2.40. The van der Waals surface area contributed by atoms with Gasteiger partial charge in [-0.15, -0.1) is 0 Å². The first kappa shape index (κ1) is 15.8. The highest BCUT2D eigenvalue weighted by Crippen LogP contribution is 2.22. The molecule has 7 heteroatoms. The predicted molar refractivity (Wildman–Crippen MR) is 79.4 cm³/mol. The van der Waals surface area contributed by atoms with Crippen molar-refractivity contribution in [3.8, 4) is 0 Å². The number of aryl methyl sites for hydroxylation is 1. The number of carbonyl (C=O) groups excluding carboxylic acids is 2. The minimum Gasteiger partial charge on any atom is -0.422 e. The maximum atomic E-state index is 11.7. The first-order valence-corrected chi connectivity index (χ1v) is 5.99. The minimum absolute atomic E-state index is 0.338. The van der Waals surface area contributed by atoms with Crippen LogP contribution < -0.4 is 15.9 Å². The van der Waals surface area contributed by atoms with E-state index in [9.17, 15) is 9.59 Å². The maximum Gasteiger partial charge on any atom is 0.436 e. The zero-order chi connectivity index (χ0) is 15.0. The quantitative estimate of drug-likeness (QED) is 0.530. The molecule has 0 aromatic heterocycles. The smallest absolute Gasteiger partial charge is 0.422 e. The van der Waals surface area contributed by atoms with Crippen LogP contribution in [0.5, 0.6) is 0 Å². The summed E-state index contributed by atoms with van der Waals surface area (Å²) in [5.74, 6) is -0.727. The van der Waals surface area contributed by atoms with E-state index in [1.54, 1.807) is 0 Å². The van der Waals surface area contributed by atoms with Crippen LogP contribution in [0, 0.1) is 6.92 Å². The maximum absolute atomic E-state index is 11.7. The molecule has 1 radical (unpaired) electrons. The topological polar surface area (TPSA) is 79.5 Å². The second-order valence-electron chi connectivity index (χ2n) is 3.98. The van der Waals surface area contributed by atoms with Gasteiger partial charge in [-0.25, -0.2) is 0 Å². The fourth-order valence-corrected chi connectivity index (χ4v) is 1.42. The Morgan fingerprint density at radius 2 is 1.90 bits per heavy atom. The zero-order valence-electron chi connectivity index (χ0n) is 11.7. The number of benzene rings is 1. The first-order chi connectivity index (χ1) is 9.56. The summed E-state index contributed by atoms with van der Waals surface area (Å²) in [6.45, 7) is 1.92. The third kappa shape index (κ3) is 5.15. The van der Waals surface area contributed by atoms with Crippen molar-refractivity contribution in [2.24, 2.45) is 0 Å². The fourth-order valence-electron chi connectivity index (χ4n) is 1.42. The lowest BCUT2D eigenvalue weighted by atomic mass is 10.1. The lowest BCUT2D eigenvalue weighted by molar-refractivity contribution is -0.117. The van der Waals surface area contributed by atoms with E-state index in [1.165, 1.54) is 33.9 Å². The number of hydrogen-bond acceptors (Lipinski definition) is 4. The van der Waals surface area contributed by atoms with Crippen LogP contribution in [0.15, 0.2) is 30.4 Å². The molecule has 0 heterocycles. The molecule has 0 atom stereocenters. The summed E-state index contributed by atoms with van der Waals surface area (Å²) in [5.41, 5.74) is 2.29. The standard InChI is InChI=1S/C13H17BN3O3/c1-9-4-5-10(17-14-20-3)11(8-9)16-13(19)7-6-12(18)15-2/h4-8,17H,1-3H3,(H,15,18)(H,16,19)/b7-6+. The van der Waals surface area contributed by atoms with Crippen molar-refractivity contribution in [3.05, 3.63) is 35.9 Å². The highest BCUT2D eigenvalue weighted by atomic mass is 16.4. The van der Waals surface area contributed by atoms with E-state index >= 15 is 0 Å².